The largest absolute Gasteiger partial charge is 0.356 e. The maximum atomic E-state index is 4.48. The van der Waals surface area contributed by atoms with E-state index >= 15 is 0 Å². The van der Waals surface area contributed by atoms with E-state index in [4.69, 9.17) is 0 Å². The van der Waals surface area contributed by atoms with Crippen molar-refractivity contribution in [2.24, 2.45) is 10.4 Å². The van der Waals surface area contributed by atoms with Crippen LogP contribution in [0, 0.1) is 19.3 Å². The van der Waals surface area contributed by atoms with Crippen molar-refractivity contribution in [3.05, 3.63) is 17.5 Å². The molecule has 0 saturated carbocycles. The van der Waals surface area contributed by atoms with Crippen LogP contribution in [-0.4, -0.2) is 35.9 Å². The molecule has 0 saturated heterocycles. The van der Waals surface area contributed by atoms with E-state index in [0.717, 1.165) is 37.7 Å². The molecule has 0 atom stereocenters. The van der Waals surface area contributed by atoms with E-state index in [0.29, 0.717) is 5.41 Å². The number of aromatic nitrogens is 2. The molecule has 0 amide bonds. The molecule has 1 heterocycles. The van der Waals surface area contributed by atoms with Crippen LogP contribution in [0.25, 0.3) is 0 Å². The molecule has 1 rings (SSSR count). The maximum absolute atomic E-state index is 4.48. The highest BCUT2D eigenvalue weighted by atomic mass is 127. The summed E-state index contributed by atoms with van der Waals surface area (Å²) in [5.41, 5.74) is 2.75. The first-order valence-electron chi connectivity index (χ1n) is 8.77. The third-order valence-electron chi connectivity index (χ3n) is 3.81. The second-order valence-electron chi connectivity index (χ2n) is 7.45. The van der Waals surface area contributed by atoms with Crippen LogP contribution < -0.4 is 10.6 Å². The standard InChI is InChI=1S/C18H35N5.HI/c1-15-14-16(2)23(22-15)13-9-12-21-17(19-6)20-11-8-7-10-18(3,4)5;/h14H,7-13H2,1-6H3,(H2,19,20,21);1H. The monoisotopic (exact) mass is 449 g/mol. The maximum Gasteiger partial charge on any atom is 0.190 e. The van der Waals surface area contributed by atoms with Crippen LogP contribution in [0.15, 0.2) is 11.1 Å². The molecule has 1 aromatic heterocycles. The van der Waals surface area contributed by atoms with Gasteiger partial charge in [-0.3, -0.25) is 9.67 Å². The van der Waals surface area contributed by atoms with E-state index in [2.05, 4.69) is 59.2 Å². The number of halogens is 1. The van der Waals surface area contributed by atoms with Crippen LogP contribution >= 0.6 is 24.0 Å². The second kappa shape index (κ2) is 11.7. The highest BCUT2D eigenvalue weighted by Gasteiger charge is 2.08. The predicted molar refractivity (Wildman–Crippen MR) is 114 cm³/mol. The van der Waals surface area contributed by atoms with E-state index in [1.54, 1.807) is 0 Å². The smallest absolute Gasteiger partial charge is 0.190 e. The van der Waals surface area contributed by atoms with Crippen LogP contribution in [0.4, 0.5) is 0 Å². The molecule has 2 N–H and O–H groups in total. The van der Waals surface area contributed by atoms with Gasteiger partial charge < -0.3 is 10.6 Å². The topological polar surface area (TPSA) is 54.2 Å². The summed E-state index contributed by atoms with van der Waals surface area (Å²) in [6.45, 7) is 13.8. The Bertz CT molecular complexity index is 488. The minimum absolute atomic E-state index is 0. The summed E-state index contributed by atoms with van der Waals surface area (Å²) >= 11 is 0. The zero-order chi connectivity index (χ0) is 17.3. The van der Waals surface area contributed by atoms with E-state index in [9.17, 15) is 0 Å². The molecule has 0 fully saturated rings. The highest BCUT2D eigenvalue weighted by molar-refractivity contribution is 14.0. The fraction of sp³-hybridized carbons (Fsp3) is 0.778. The van der Waals surface area contributed by atoms with Gasteiger partial charge in [0.2, 0.25) is 0 Å². The lowest BCUT2D eigenvalue weighted by atomic mass is 9.90. The van der Waals surface area contributed by atoms with Crippen molar-refractivity contribution in [1.82, 2.24) is 20.4 Å². The summed E-state index contributed by atoms with van der Waals surface area (Å²) in [6.07, 6.45) is 4.74. The number of aliphatic imine (C=N–C) groups is 1. The molecule has 0 aromatic carbocycles. The predicted octanol–water partition coefficient (Wildman–Crippen LogP) is 3.89. The van der Waals surface area contributed by atoms with Gasteiger partial charge in [0.1, 0.15) is 0 Å². The summed E-state index contributed by atoms with van der Waals surface area (Å²) in [4.78, 5) is 4.27. The molecule has 0 unspecified atom stereocenters. The fourth-order valence-corrected chi connectivity index (χ4v) is 2.54. The number of nitrogens with zero attached hydrogens (tertiary/aromatic N) is 3. The van der Waals surface area contributed by atoms with Crippen molar-refractivity contribution in [2.75, 3.05) is 20.1 Å². The fourth-order valence-electron chi connectivity index (χ4n) is 2.54. The van der Waals surface area contributed by atoms with E-state index in [1.807, 2.05) is 14.0 Å². The van der Waals surface area contributed by atoms with Gasteiger partial charge in [-0.05, 0) is 44.6 Å². The van der Waals surface area contributed by atoms with E-state index in [1.165, 1.54) is 25.0 Å². The first-order valence-corrected chi connectivity index (χ1v) is 8.77. The Morgan fingerprint density at radius 3 is 2.25 bits per heavy atom. The third kappa shape index (κ3) is 10.2. The van der Waals surface area contributed by atoms with Gasteiger partial charge in [-0.25, -0.2) is 0 Å². The number of aryl methyl sites for hydroxylation is 3. The van der Waals surface area contributed by atoms with E-state index in [-0.39, 0.29) is 24.0 Å². The van der Waals surface area contributed by atoms with Crippen LogP contribution in [0.2, 0.25) is 0 Å². The first-order chi connectivity index (χ1) is 10.8. The Labute approximate surface area is 165 Å². The van der Waals surface area contributed by atoms with Crippen molar-refractivity contribution >= 4 is 29.9 Å². The Balaban J connectivity index is 0.00000529. The Hall–Kier alpha value is -0.790. The number of hydrogen-bond donors (Lipinski definition) is 2. The van der Waals surface area contributed by atoms with Gasteiger partial charge in [-0.15, -0.1) is 24.0 Å². The zero-order valence-corrected chi connectivity index (χ0v) is 18.6. The number of hydrogen-bond acceptors (Lipinski definition) is 2. The first kappa shape index (κ1) is 23.2. The highest BCUT2D eigenvalue weighted by Crippen LogP contribution is 2.21. The number of nitrogens with one attached hydrogen (secondary N) is 2. The van der Waals surface area contributed by atoms with Crippen molar-refractivity contribution in [2.45, 2.75) is 66.8 Å². The van der Waals surface area contributed by atoms with Gasteiger partial charge >= 0.3 is 0 Å². The molecular weight excluding hydrogens is 413 g/mol. The van der Waals surface area contributed by atoms with Crippen LogP contribution in [0.3, 0.4) is 0 Å². The van der Waals surface area contributed by atoms with Gasteiger partial charge in [0.05, 0.1) is 5.69 Å². The lowest BCUT2D eigenvalue weighted by Gasteiger charge is -2.18. The Kier molecular flexibility index (Phi) is 11.3. The SMILES string of the molecule is CN=C(NCCCCC(C)(C)C)NCCCn1nc(C)cc1C.I. The molecule has 24 heavy (non-hydrogen) atoms. The van der Waals surface area contributed by atoms with Crippen molar-refractivity contribution < 1.29 is 0 Å². The molecule has 1 aromatic rings. The average Bonchev–Trinajstić information content (AvgIpc) is 2.77. The molecule has 6 heteroatoms. The zero-order valence-electron chi connectivity index (χ0n) is 16.3. The second-order valence-corrected chi connectivity index (χ2v) is 7.45. The van der Waals surface area contributed by atoms with Crippen molar-refractivity contribution in [3.8, 4) is 0 Å². The molecule has 140 valence electrons. The molecule has 0 radical (unpaired) electrons. The van der Waals surface area contributed by atoms with E-state index < -0.39 is 0 Å². The molecule has 0 aliphatic rings. The summed E-state index contributed by atoms with van der Waals surface area (Å²) in [5, 5.41) is 11.2. The molecule has 0 aliphatic carbocycles. The quantitative estimate of drug-likeness (QED) is 0.274. The van der Waals surface area contributed by atoms with Gasteiger partial charge in [-0.2, -0.15) is 5.10 Å². The van der Waals surface area contributed by atoms with Crippen LogP contribution in [0.5, 0.6) is 0 Å². The lowest BCUT2D eigenvalue weighted by Crippen LogP contribution is -2.38. The van der Waals surface area contributed by atoms with Gasteiger partial charge in [0, 0.05) is 32.4 Å². The number of guanidine groups is 1. The summed E-state index contributed by atoms with van der Waals surface area (Å²) in [5.74, 6) is 0.897. The van der Waals surface area contributed by atoms with Gasteiger partial charge in [-0.1, -0.05) is 27.2 Å². The normalized spacial score (nSPS) is 12.0. The molecule has 0 spiro atoms. The lowest BCUT2D eigenvalue weighted by molar-refractivity contribution is 0.360. The molecule has 5 nitrogen and oxygen atoms in total. The Morgan fingerprint density at radius 1 is 1.12 bits per heavy atom. The van der Waals surface area contributed by atoms with Crippen LogP contribution in [-0.2, 0) is 6.54 Å². The average molecular weight is 449 g/mol. The summed E-state index contributed by atoms with van der Waals surface area (Å²) in [7, 11) is 1.82. The van der Waals surface area contributed by atoms with Crippen LogP contribution in [0.1, 0.15) is 57.8 Å². The minimum atomic E-state index is 0. The van der Waals surface area contributed by atoms with Crippen molar-refractivity contribution in [3.63, 3.8) is 0 Å². The molecule has 0 aliphatic heterocycles. The van der Waals surface area contributed by atoms with Gasteiger partial charge in [0.15, 0.2) is 5.96 Å². The van der Waals surface area contributed by atoms with Gasteiger partial charge in [0.25, 0.3) is 0 Å². The molecular formula is C18H36IN5. The summed E-state index contributed by atoms with van der Waals surface area (Å²) in [6, 6.07) is 2.12. The third-order valence-corrected chi connectivity index (χ3v) is 3.81. The summed E-state index contributed by atoms with van der Waals surface area (Å²) < 4.78 is 2.07. The number of unbranched alkanes of at least 4 members (excludes halogenated alkanes) is 1. The minimum Gasteiger partial charge on any atom is -0.356 e. The number of rotatable bonds is 8. The molecule has 0 bridgehead atoms. The van der Waals surface area contributed by atoms with Crippen molar-refractivity contribution in [1.29, 1.82) is 0 Å². The Morgan fingerprint density at radius 2 is 1.75 bits per heavy atom.